The first-order valence-corrected chi connectivity index (χ1v) is 13.5. The Morgan fingerprint density at radius 3 is 2.62 bits per heavy atom. The zero-order chi connectivity index (χ0) is 23.7. The summed E-state index contributed by atoms with van der Waals surface area (Å²) in [5.41, 5.74) is 2.62. The lowest BCUT2D eigenvalue weighted by Gasteiger charge is -2.32. The number of likely N-dealkylation sites (tertiary alicyclic amines) is 1. The number of aromatic nitrogens is 1. The monoisotopic (exact) mass is 480 g/mol. The van der Waals surface area contributed by atoms with Crippen LogP contribution >= 0.6 is 11.3 Å². The molecule has 0 spiro atoms. The molecule has 2 N–H and O–H groups in total. The Balaban J connectivity index is 1.32. The van der Waals surface area contributed by atoms with E-state index in [0.717, 1.165) is 52.7 Å². The quantitative estimate of drug-likeness (QED) is 0.652. The number of fused-ring (bicyclic) bond motifs is 1. The van der Waals surface area contributed by atoms with Crippen LogP contribution in [0.4, 0.5) is 5.82 Å². The van der Waals surface area contributed by atoms with Crippen LogP contribution in [0, 0.1) is 5.92 Å². The molecule has 1 saturated carbocycles. The summed E-state index contributed by atoms with van der Waals surface area (Å²) in [5.74, 6) is 2.69. The maximum atomic E-state index is 13.0. The molecular weight excluding hydrogens is 444 g/mol. The van der Waals surface area contributed by atoms with Crippen LogP contribution < -0.4 is 10.6 Å². The van der Waals surface area contributed by atoms with E-state index >= 15 is 0 Å². The maximum Gasteiger partial charge on any atom is 0.263 e. The minimum absolute atomic E-state index is 0.0957. The number of piperidine rings is 1. The van der Waals surface area contributed by atoms with Crippen LogP contribution in [0.2, 0.25) is 0 Å². The van der Waals surface area contributed by atoms with Crippen LogP contribution in [0.5, 0.6) is 0 Å². The van der Waals surface area contributed by atoms with Gasteiger partial charge in [-0.25, -0.2) is 9.98 Å². The van der Waals surface area contributed by atoms with Gasteiger partial charge < -0.3 is 20.4 Å². The van der Waals surface area contributed by atoms with Crippen molar-refractivity contribution in [3.05, 3.63) is 34.5 Å². The van der Waals surface area contributed by atoms with Crippen LogP contribution in [0.25, 0.3) is 10.1 Å². The molecule has 0 aromatic carbocycles. The number of guanidine groups is 1. The largest absolute Gasteiger partial charge is 0.344 e. The number of carbonyl (C=O) groups excluding carboxylic acids is 1. The van der Waals surface area contributed by atoms with Crippen molar-refractivity contribution in [2.75, 3.05) is 45.6 Å². The summed E-state index contributed by atoms with van der Waals surface area (Å²) in [6.07, 6.45) is 11.3. The number of thiophene rings is 1. The average Bonchev–Trinajstić information content (AvgIpc) is 3.51. The maximum absolute atomic E-state index is 13.0. The molecule has 4 heterocycles. The number of nitrogens with one attached hydrogen (secondary N) is 2. The predicted molar refractivity (Wildman–Crippen MR) is 141 cm³/mol. The number of nitrogens with zero attached hydrogens (tertiary/aromatic N) is 4. The van der Waals surface area contributed by atoms with E-state index in [2.05, 4.69) is 39.7 Å². The van der Waals surface area contributed by atoms with E-state index < -0.39 is 0 Å². The number of hydrogen-bond acceptors (Lipinski definition) is 7. The molecule has 1 aliphatic carbocycles. The first-order chi connectivity index (χ1) is 16.5. The van der Waals surface area contributed by atoms with Crippen molar-refractivity contribution < 1.29 is 4.79 Å². The van der Waals surface area contributed by atoms with Gasteiger partial charge in [0.1, 0.15) is 5.82 Å². The van der Waals surface area contributed by atoms with Gasteiger partial charge in [-0.2, -0.15) is 0 Å². The van der Waals surface area contributed by atoms with Gasteiger partial charge in [-0.05, 0) is 74.4 Å². The SMILES string of the molecule is CCN1CCC(C2=CNC(Nc3cc4c(C5CCCC5)c(C(=O)N(C)C)sc4cn3)=NC2)CC1. The molecule has 2 fully saturated rings. The Morgan fingerprint density at radius 1 is 1.21 bits per heavy atom. The molecule has 0 radical (unpaired) electrons. The summed E-state index contributed by atoms with van der Waals surface area (Å²) in [6.45, 7) is 6.48. The fourth-order valence-corrected chi connectivity index (χ4v) is 6.82. The van der Waals surface area contributed by atoms with E-state index in [-0.39, 0.29) is 5.91 Å². The first-order valence-electron chi connectivity index (χ1n) is 12.7. The van der Waals surface area contributed by atoms with Crippen molar-refractivity contribution >= 4 is 39.1 Å². The second-order valence-electron chi connectivity index (χ2n) is 9.95. The summed E-state index contributed by atoms with van der Waals surface area (Å²) in [5, 5.41) is 7.90. The van der Waals surface area contributed by atoms with Gasteiger partial charge >= 0.3 is 0 Å². The molecule has 3 aliphatic rings. The number of aliphatic imine (C=N–C) groups is 1. The molecule has 7 nitrogen and oxygen atoms in total. The van der Waals surface area contributed by atoms with E-state index in [1.54, 1.807) is 16.2 Å². The highest BCUT2D eigenvalue weighted by Crippen LogP contribution is 2.44. The molecule has 1 saturated heterocycles. The number of hydrogen-bond donors (Lipinski definition) is 2. The van der Waals surface area contributed by atoms with Crippen LogP contribution in [-0.2, 0) is 0 Å². The van der Waals surface area contributed by atoms with E-state index in [9.17, 15) is 4.79 Å². The van der Waals surface area contributed by atoms with Crippen LogP contribution in [-0.4, -0.2) is 66.9 Å². The fraction of sp³-hybridized carbons (Fsp3) is 0.577. The lowest BCUT2D eigenvalue weighted by atomic mass is 9.89. The molecule has 34 heavy (non-hydrogen) atoms. The Hall–Kier alpha value is -2.45. The third kappa shape index (κ3) is 4.70. The molecule has 8 heteroatoms. The lowest BCUT2D eigenvalue weighted by molar-refractivity contribution is 0.0831. The number of anilines is 1. The van der Waals surface area contributed by atoms with Gasteiger partial charge in [0, 0.05) is 31.9 Å². The Labute approximate surface area is 206 Å². The highest BCUT2D eigenvalue weighted by atomic mass is 32.1. The Morgan fingerprint density at radius 2 is 1.97 bits per heavy atom. The topological polar surface area (TPSA) is 72.9 Å². The predicted octanol–water partition coefficient (Wildman–Crippen LogP) is 4.64. The molecule has 182 valence electrons. The molecule has 0 bridgehead atoms. The molecule has 2 aromatic rings. The van der Waals surface area contributed by atoms with Gasteiger partial charge in [-0.15, -0.1) is 11.3 Å². The normalized spacial score (nSPS) is 20.2. The second kappa shape index (κ2) is 10.0. The van der Waals surface area contributed by atoms with Crippen molar-refractivity contribution in [1.29, 1.82) is 0 Å². The Bertz CT molecular complexity index is 1110. The highest BCUT2D eigenvalue weighted by molar-refractivity contribution is 7.21. The van der Waals surface area contributed by atoms with Crippen molar-refractivity contribution in [2.24, 2.45) is 10.9 Å². The molecule has 0 unspecified atom stereocenters. The standard InChI is InChI=1S/C26H36N6OS/c1-4-32-11-9-17(10-12-32)19-14-28-26(29-15-19)30-22-13-20-21(16-27-22)34-24(25(33)31(2)3)23(20)18-7-5-6-8-18/h13-14,16-18H,4-12,15H2,1-3H3,(H2,27,28,29,30). The summed E-state index contributed by atoms with van der Waals surface area (Å²) in [7, 11) is 3.66. The highest BCUT2D eigenvalue weighted by Gasteiger charge is 2.28. The van der Waals surface area contributed by atoms with Gasteiger partial charge in [0.2, 0.25) is 5.96 Å². The van der Waals surface area contributed by atoms with Gasteiger partial charge in [-0.1, -0.05) is 19.8 Å². The third-order valence-electron chi connectivity index (χ3n) is 7.60. The van der Waals surface area contributed by atoms with Crippen molar-refractivity contribution in [2.45, 2.75) is 51.4 Å². The van der Waals surface area contributed by atoms with E-state index in [1.807, 2.05) is 20.3 Å². The summed E-state index contributed by atoms with van der Waals surface area (Å²) < 4.78 is 1.08. The summed E-state index contributed by atoms with van der Waals surface area (Å²) in [6, 6.07) is 2.11. The van der Waals surface area contributed by atoms with Crippen LogP contribution in [0.3, 0.4) is 0 Å². The van der Waals surface area contributed by atoms with Gasteiger partial charge in [0.05, 0.1) is 16.1 Å². The van der Waals surface area contributed by atoms with E-state index in [0.29, 0.717) is 11.8 Å². The molecule has 2 aromatic heterocycles. The number of amides is 1. The Kier molecular flexibility index (Phi) is 6.88. The summed E-state index contributed by atoms with van der Waals surface area (Å²) in [4.78, 5) is 27.4. The minimum Gasteiger partial charge on any atom is -0.344 e. The number of carbonyl (C=O) groups is 1. The zero-order valence-corrected chi connectivity index (χ0v) is 21.4. The van der Waals surface area contributed by atoms with Gasteiger partial charge in [0.25, 0.3) is 5.91 Å². The second-order valence-corrected chi connectivity index (χ2v) is 11.0. The number of rotatable bonds is 5. The minimum atomic E-state index is 0.0957. The molecule has 2 aliphatic heterocycles. The van der Waals surface area contributed by atoms with E-state index in [4.69, 9.17) is 4.99 Å². The number of pyridine rings is 1. The average molecular weight is 481 g/mol. The molecule has 5 rings (SSSR count). The lowest BCUT2D eigenvalue weighted by Crippen LogP contribution is -2.36. The van der Waals surface area contributed by atoms with Crippen molar-refractivity contribution in [3.63, 3.8) is 0 Å². The van der Waals surface area contributed by atoms with Gasteiger partial charge in [-0.3, -0.25) is 4.79 Å². The fourth-order valence-electron chi connectivity index (χ4n) is 5.56. The summed E-state index contributed by atoms with van der Waals surface area (Å²) >= 11 is 1.58. The molecule has 0 atom stereocenters. The molecular formula is C26H36N6OS. The first kappa shape index (κ1) is 23.3. The van der Waals surface area contributed by atoms with Crippen LogP contribution in [0.15, 0.2) is 29.0 Å². The third-order valence-corrected chi connectivity index (χ3v) is 8.74. The van der Waals surface area contributed by atoms with Crippen molar-refractivity contribution in [3.8, 4) is 0 Å². The van der Waals surface area contributed by atoms with Gasteiger partial charge in [0.15, 0.2) is 0 Å². The molecule has 1 amide bonds. The van der Waals surface area contributed by atoms with Crippen molar-refractivity contribution in [1.82, 2.24) is 20.1 Å². The van der Waals surface area contributed by atoms with Crippen LogP contribution in [0.1, 0.15) is 66.6 Å². The van der Waals surface area contributed by atoms with E-state index in [1.165, 1.54) is 49.9 Å². The zero-order valence-electron chi connectivity index (χ0n) is 20.6. The smallest absolute Gasteiger partial charge is 0.263 e.